The summed E-state index contributed by atoms with van der Waals surface area (Å²) in [6.45, 7) is 4.27. The van der Waals surface area contributed by atoms with Gasteiger partial charge in [0.05, 0.1) is 12.1 Å². The number of rotatable bonds is 4. The molecule has 2 bridgehead atoms. The fourth-order valence-corrected chi connectivity index (χ4v) is 6.61. The summed E-state index contributed by atoms with van der Waals surface area (Å²) in [5.41, 5.74) is 1.19. The maximum atomic E-state index is 13.5. The third-order valence-electron chi connectivity index (χ3n) is 7.75. The van der Waals surface area contributed by atoms with E-state index in [1.807, 2.05) is 30.5 Å². The number of piperidine rings is 1. The minimum atomic E-state index is -0.0262. The predicted molar refractivity (Wildman–Crippen MR) is 113 cm³/mol. The third-order valence-corrected chi connectivity index (χ3v) is 7.75. The SMILES string of the molecule is CC(=O)N1[C@H](Cc2ccccc2)[C@@H]2C[C@@]3(C)[C@H](CCC[C@@H]13)N2C(=O)Cn1cccn1. The van der Waals surface area contributed by atoms with Crippen molar-refractivity contribution in [1.29, 1.82) is 0 Å². The van der Waals surface area contributed by atoms with Gasteiger partial charge >= 0.3 is 0 Å². The molecule has 6 heteroatoms. The molecule has 0 spiro atoms. The largest absolute Gasteiger partial charge is 0.334 e. The Morgan fingerprint density at radius 2 is 1.83 bits per heavy atom. The number of aromatic nitrogens is 2. The highest BCUT2D eigenvalue weighted by atomic mass is 16.2. The van der Waals surface area contributed by atoms with Crippen LogP contribution in [0, 0.1) is 5.41 Å². The maximum Gasteiger partial charge on any atom is 0.244 e. The van der Waals surface area contributed by atoms with Gasteiger partial charge in [-0.2, -0.15) is 5.10 Å². The number of carbonyl (C=O) groups excluding carboxylic acids is 2. The average molecular weight is 407 g/mol. The number of likely N-dealkylation sites (tertiary alicyclic amines) is 2. The van der Waals surface area contributed by atoms with Gasteiger partial charge in [-0.1, -0.05) is 37.3 Å². The number of amides is 2. The summed E-state index contributed by atoms with van der Waals surface area (Å²) in [6.07, 6.45) is 8.44. The fraction of sp³-hybridized carbons (Fsp3) is 0.542. The molecule has 1 saturated carbocycles. The van der Waals surface area contributed by atoms with Gasteiger partial charge in [-0.15, -0.1) is 0 Å². The van der Waals surface area contributed by atoms with Crippen LogP contribution >= 0.6 is 0 Å². The molecule has 1 aliphatic carbocycles. The van der Waals surface area contributed by atoms with Crippen molar-refractivity contribution >= 4 is 11.8 Å². The quantitative estimate of drug-likeness (QED) is 0.785. The van der Waals surface area contributed by atoms with Gasteiger partial charge in [0, 0.05) is 36.8 Å². The molecule has 0 unspecified atom stereocenters. The lowest BCUT2D eigenvalue weighted by Crippen LogP contribution is -2.62. The van der Waals surface area contributed by atoms with Crippen LogP contribution in [0.4, 0.5) is 0 Å². The summed E-state index contributed by atoms with van der Waals surface area (Å²) in [6, 6.07) is 12.7. The van der Waals surface area contributed by atoms with E-state index in [9.17, 15) is 9.59 Å². The molecule has 1 aromatic heterocycles. The van der Waals surface area contributed by atoms with Gasteiger partial charge in [-0.05, 0) is 43.7 Å². The van der Waals surface area contributed by atoms with Crippen LogP contribution in [-0.2, 0) is 22.6 Å². The predicted octanol–water partition coefficient (Wildman–Crippen LogP) is 2.88. The fourth-order valence-electron chi connectivity index (χ4n) is 6.61. The Balaban J connectivity index is 1.54. The molecule has 6 nitrogen and oxygen atoms in total. The lowest BCUT2D eigenvalue weighted by molar-refractivity contribution is -0.143. The van der Waals surface area contributed by atoms with Crippen molar-refractivity contribution in [1.82, 2.24) is 19.6 Å². The van der Waals surface area contributed by atoms with Crippen molar-refractivity contribution < 1.29 is 9.59 Å². The van der Waals surface area contributed by atoms with Crippen LogP contribution in [0.2, 0.25) is 0 Å². The summed E-state index contributed by atoms with van der Waals surface area (Å²) in [5, 5.41) is 4.24. The zero-order valence-corrected chi connectivity index (χ0v) is 17.8. The molecule has 2 aliphatic heterocycles. The molecule has 1 aromatic carbocycles. The van der Waals surface area contributed by atoms with E-state index in [2.05, 4.69) is 34.0 Å². The van der Waals surface area contributed by atoms with E-state index in [1.165, 1.54) is 5.56 Å². The standard InChI is InChI=1S/C24H30N4O2/c1-17(29)27-19(14-18-8-4-3-5-9-18)20-15-24(2)21(27)10-6-11-22(24)28(20)23(30)16-26-13-7-12-25-26/h3-5,7-9,12-13,19-22H,6,10-11,14-16H2,1-2H3/t19-,20+,21-,22+,24-/m1/s1. The molecule has 0 radical (unpaired) electrons. The molecule has 3 aliphatic rings. The van der Waals surface area contributed by atoms with Crippen molar-refractivity contribution in [2.45, 2.75) is 76.7 Å². The number of hydrogen-bond donors (Lipinski definition) is 0. The molecular weight excluding hydrogens is 376 g/mol. The molecule has 5 atom stereocenters. The van der Waals surface area contributed by atoms with E-state index in [0.29, 0.717) is 0 Å². The second-order valence-electron chi connectivity index (χ2n) is 9.43. The second-order valence-corrected chi connectivity index (χ2v) is 9.43. The summed E-state index contributed by atoms with van der Waals surface area (Å²) < 4.78 is 1.71. The van der Waals surface area contributed by atoms with Gasteiger partial charge in [0.2, 0.25) is 11.8 Å². The van der Waals surface area contributed by atoms with Gasteiger partial charge in [0.15, 0.2) is 0 Å². The van der Waals surface area contributed by atoms with Crippen LogP contribution in [-0.4, -0.2) is 55.6 Å². The van der Waals surface area contributed by atoms with E-state index < -0.39 is 0 Å². The highest BCUT2D eigenvalue weighted by Gasteiger charge is 2.64. The minimum Gasteiger partial charge on any atom is -0.334 e. The van der Waals surface area contributed by atoms with Crippen LogP contribution in [0.15, 0.2) is 48.8 Å². The lowest BCUT2D eigenvalue weighted by atomic mass is 9.64. The highest BCUT2D eigenvalue weighted by molar-refractivity contribution is 5.79. The van der Waals surface area contributed by atoms with Crippen LogP contribution in [0.3, 0.4) is 0 Å². The second kappa shape index (κ2) is 7.25. The topological polar surface area (TPSA) is 58.4 Å². The first-order chi connectivity index (χ1) is 14.5. The summed E-state index contributed by atoms with van der Waals surface area (Å²) in [5.74, 6) is 0.264. The molecule has 2 aromatic rings. The molecule has 5 rings (SSSR count). The average Bonchev–Trinajstić information content (AvgIpc) is 3.33. The van der Waals surface area contributed by atoms with Gasteiger partial charge in [0.25, 0.3) is 0 Å². The molecule has 2 amide bonds. The first-order valence-corrected chi connectivity index (χ1v) is 11.1. The minimum absolute atomic E-state index is 0.0210. The van der Waals surface area contributed by atoms with Crippen molar-refractivity contribution in [2.24, 2.45) is 5.41 Å². The Kier molecular flexibility index (Phi) is 4.68. The highest BCUT2D eigenvalue weighted by Crippen LogP contribution is 2.56. The van der Waals surface area contributed by atoms with Gasteiger partial charge in [-0.25, -0.2) is 0 Å². The summed E-state index contributed by atoms with van der Waals surface area (Å²) in [4.78, 5) is 30.7. The Bertz CT molecular complexity index is 928. The monoisotopic (exact) mass is 406 g/mol. The summed E-state index contributed by atoms with van der Waals surface area (Å²) >= 11 is 0. The van der Waals surface area contributed by atoms with Crippen LogP contribution in [0.5, 0.6) is 0 Å². The number of benzene rings is 1. The van der Waals surface area contributed by atoms with Crippen molar-refractivity contribution in [3.05, 3.63) is 54.4 Å². The Morgan fingerprint density at radius 3 is 2.50 bits per heavy atom. The van der Waals surface area contributed by atoms with E-state index in [4.69, 9.17) is 0 Å². The first-order valence-electron chi connectivity index (χ1n) is 11.1. The normalized spacial score (nSPS) is 32.3. The van der Waals surface area contributed by atoms with Crippen LogP contribution in [0.25, 0.3) is 0 Å². The van der Waals surface area contributed by atoms with Gasteiger partial charge in [0.1, 0.15) is 6.54 Å². The van der Waals surface area contributed by atoms with Crippen LogP contribution in [0.1, 0.15) is 45.1 Å². The number of fused-ring (bicyclic) bond motifs is 1. The Hall–Kier alpha value is -2.63. The van der Waals surface area contributed by atoms with E-state index >= 15 is 0 Å². The van der Waals surface area contributed by atoms with Gasteiger partial charge in [-0.3, -0.25) is 14.3 Å². The Labute approximate surface area is 177 Å². The summed E-state index contributed by atoms with van der Waals surface area (Å²) in [7, 11) is 0. The smallest absolute Gasteiger partial charge is 0.244 e. The Morgan fingerprint density at radius 1 is 1.10 bits per heavy atom. The molecule has 2 saturated heterocycles. The molecule has 3 fully saturated rings. The molecule has 30 heavy (non-hydrogen) atoms. The molecule has 0 N–H and O–H groups in total. The first kappa shape index (κ1) is 19.3. The maximum absolute atomic E-state index is 13.5. The number of hydrogen-bond acceptors (Lipinski definition) is 3. The zero-order chi connectivity index (χ0) is 20.9. The van der Waals surface area contributed by atoms with Crippen LogP contribution < -0.4 is 0 Å². The van der Waals surface area contributed by atoms with Crippen molar-refractivity contribution in [3.63, 3.8) is 0 Å². The van der Waals surface area contributed by atoms with Crippen molar-refractivity contribution in [2.75, 3.05) is 0 Å². The van der Waals surface area contributed by atoms with Gasteiger partial charge < -0.3 is 9.80 Å². The number of carbonyl (C=O) groups is 2. The zero-order valence-electron chi connectivity index (χ0n) is 17.8. The number of nitrogens with zero attached hydrogens (tertiary/aromatic N) is 4. The van der Waals surface area contributed by atoms with E-state index in [0.717, 1.165) is 32.1 Å². The third kappa shape index (κ3) is 2.96. The van der Waals surface area contributed by atoms with Crippen molar-refractivity contribution in [3.8, 4) is 0 Å². The molecule has 3 heterocycles. The lowest BCUT2D eigenvalue weighted by Gasteiger charge is -2.52. The molecular formula is C24H30N4O2. The molecule has 158 valence electrons. The van der Waals surface area contributed by atoms with E-state index in [1.54, 1.807) is 17.8 Å². The van der Waals surface area contributed by atoms with E-state index in [-0.39, 0.29) is 47.9 Å².